The average molecular weight is 333 g/mol. The third kappa shape index (κ3) is 6.15. The van der Waals surface area contributed by atoms with E-state index in [4.69, 9.17) is 5.73 Å². The molecule has 0 radical (unpaired) electrons. The summed E-state index contributed by atoms with van der Waals surface area (Å²) in [5.74, 6) is -0.419. The summed E-state index contributed by atoms with van der Waals surface area (Å²) < 4.78 is 48.1. The molecule has 1 aromatic carbocycles. The molecular formula is C14H23NO4S2. The molecule has 0 heterocycles. The van der Waals surface area contributed by atoms with Crippen molar-refractivity contribution in [1.29, 1.82) is 0 Å². The van der Waals surface area contributed by atoms with Crippen LogP contribution in [-0.4, -0.2) is 34.1 Å². The highest BCUT2D eigenvalue weighted by Crippen LogP contribution is 2.14. The first-order chi connectivity index (χ1) is 9.66. The Hall–Kier alpha value is -0.920. The SMILES string of the molecule is CC(C)CCS(=O)(=O)CCS(=O)(=O)c1cccc(CN)c1. The van der Waals surface area contributed by atoms with E-state index in [1.165, 1.54) is 12.1 Å². The minimum Gasteiger partial charge on any atom is -0.326 e. The average Bonchev–Trinajstić information content (AvgIpc) is 2.43. The van der Waals surface area contributed by atoms with Gasteiger partial charge in [0.05, 0.1) is 22.2 Å². The van der Waals surface area contributed by atoms with E-state index >= 15 is 0 Å². The molecule has 0 spiro atoms. The molecule has 0 bridgehead atoms. The lowest BCUT2D eigenvalue weighted by Gasteiger charge is -2.08. The van der Waals surface area contributed by atoms with Crippen molar-refractivity contribution in [2.24, 2.45) is 11.7 Å². The maximum absolute atomic E-state index is 12.2. The van der Waals surface area contributed by atoms with Crippen LogP contribution < -0.4 is 5.73 Å². The van der Waals surface area contributed by atoms with Crippen LogP contribution in [0.15, 0.2) is 29.2 Å². The van der Waals surface area contributed by atoms with Crippen LogP contribution in [0, 0.1) is 5.92 Å². The Morgan fingerprint density at radius 3 is 2.29 bits per heavy atom. The molecule has 0 aliphatic rings. The van der Waals surface area contributed by atoms with Crippen molar-refractivity contribution < 1.29 is 16.8 Å². The van der Waals surface area contributed by atoms with Crippen molar-refractivity contribution in [2.75, 3.05) is 17.3 Å². The molecule has 0 aliphatic heterocycles. The Morgan fingerprint density at radius 2 is 1.71 bits per heavy atom. The van der Waals surface area contributed by atoms with Crippen LogP contribution in [0.5, 0.6) is 0 Å². The zero-order chi connectivity index (χ0) is 16.1. The van der Waals surface area contributed by atoms with Gasteiger partial charge in [0, 0.05) is 6.54 Å². The molecule has 0 aromatic heterocycles. The maximum atomic E-state index is 12.2. The van der Waals surface area contributed by atoms with Gasteiger partial charge in [0.1, 0.15) is 0 Å². The van der Waals surface area contributed by atoms with Gasteiger partial charge >= 0.3 is 0 Å². The van der Waals surface area contributed by atoms with Gasteiger partial charge in [0.2, 0.25) is 0 Å². The first-order valence-electron chi connectivity index (χ1n) is 6.88. The van der Waals surface area contributed by atoms with E-state index in [1.807, 2.05) is 13.8 Å². The lowest BCUT2D eigenvalue weighted by Crippen LogP contribution is -2.20. The Kier molecular flexibility index (Phi) is 6.37. The number of benzene rings is 1. The normalized spacial score (nSPS) is 12.8. The lowest BCUT2D eigenvalue weighted by atomic mass is 10.2. The summed E-state index contributed by atoms with van der Waals surface area (Å²) >= 11 is 0. The zero-order valence-corrected chi connectivity index (χ0v) is 14.1. The molecule has 120 valence electrons. The van der Waals surface area contributed by atoms with E-state index in [0.29, 0.717) is 12.0 Å². The second-order valence-electron chi connectivity index (χ2n) is 5.50. The van der Waals surface area contributed by atoms with Crippen molar-refractivity contribution in [3.63, 3.8) is 0 Å². The van der Waals surface area contributed by atoms with Crippen molar-refractivity contribution in [3.8, 4) is 0 Å². The van der Waals surface area contributed by atoms with Gasteiger partial charge in [-0.15, -0.1) is 0 Å². The quantitative estimate of drug-likeness (QED) is 0.775. The molecule has 0 unspecified atom stereocenters. The molecule has 0 saturated heterocycles. The number of nitrogens with two attached hydrogens (primary N) is 1. The van der Waals surface area contributed by atoms with Crippen LogP contribution in [0.4, 0.5) is 0 Å². The first-order valence-corrected chi connectivity index (χ1v) is 10.4. The van der Waals surface area contributed by atoms with Crippen molar-refractivity contribution in [3.05, 3.63) is 29.8 Å². The van der Waals surface area contributed by atoms with Crippen LogP contribution in [0.3, 0.4) is 0 Å². The molecule has 21 heavy (non-hydrogen) atoms. The van der Waals surface area contributed by atoms with E-state index in [1.54, 1.807) is 12.1 Å². The Morgan fingerprint density at radius 1 is 1.05 bits per heavy atom. The summed E-state index contributed by atoms with van der Waals surface area (Å²) in [4.78, 5) is 0.129. The number of hydrogen-bond acceptors (Lipinski definition) is 5. The maximum Gasteiger partial charge on any atom is 0.179 e. The predicted molar refractivity (Wildman–Crippen MR) is 84.5 cm³/mol. The summed E-state index contributed by atoms with van der Waals surface area (Å²) in [7, 11) is -6.94. The van der Waals surface area contributed by atoms with E-state index < -0.39 is 19.7 Å². The molecule has 0 amide bonds. The third-order valence-corrected chi connectivity index (χ3v) is 6.82. The fourth-order valence-electron chi connectivity index (χ4n) is 1.74. The molecule has 0 saturated carbocycles. The third-order valence-electron chi connectivity index (χ3n) is 3.16. The second kappa shape index (κ2) is 7.38. The molecule has 1 rings (SSSR count). The summed E-state index contributed by atoms with van der Waals surface area (Å²) in [6.07, 6.45) is 0.547. The summed E-state index contributed by atoms with van der Waals surface area (Å²) in [5.41, 5.74) is 6.19. The first kappa shape index (κ1) is 18.1. The molecule has 1 aromatic rings. The zero-order valence-electron chi connectivity index (χ0n) is 12.4. The number of hydrogen-bond donors (Lipinski definition) is 1. The lowest BCUT2D eigenvalue weighted by molar-refractivity contribution is 0.572. The Balaban J connectivity index is 2.77. The van der Waals surface area contributed by atoms with Gasteiger partial charge in [-0.3, -0.25) is 0 Å². The van der Waals surface area contributed by atoms with Gasteiger partial charge < -0.3 is 5.73 Å². The summed E-state index contributed by atoms with van der Waals surface area (Å²) in [6.45, 7) is 4.12. The molecule has 7 heteroatoms. The van der Waals surface area contributed by atoms with Gasteiger partial charge in [0.15, 0.2) is 19.7 Å². The number of rotatable bonds is 8. The van der Waals surface area contributed by atoms with Crippen LogP contribution in [0.2, 0.25) is 0 Å². The molecule has 2 N–H and O–H groups in total. The smallest absolute Gasteiger partial charge is 0.179 e. The van der Waals surface area contributed by atoms with Crippen LogP contribution in [-0.2, 0) is 26.2 Å². The fraction of sp³-hybridized carbons (Fsp3) is 0.571. The Labute approximate surface area is 127 Å². The van der Waals surface area contributed by atoms with E-state index in [-0.39, 0.29) is 34.6 Å². The molecule has 0 aliphatic carbocycles. The minimum atomic E-state index is -3.60. The van der Waals surface area contributed by atoms with Crippen LogP contribution >= 0.6 is 0 Å². The van der Waals surface area contributed by atoms with Gasteiger partial charge in [0.25, 0.3) is 0 Å². The molecule has 0 atom stereocenters. The van der Waals surface area contributed by atoms with Gasteiger partial charge in [-0.2, -0.15) is 0 Å². The van der Waals surface area contributed by atoms with Crippen LogP contribution in [0.25, 0.3) is 0 Å². The summed E-state index contributed by atoms with van der Waals surface area (Å²) in [5, 5.41) is 0. The standard InChI is InChI=1S/C14H23NO4S2/c1-12(2)6-7-20(16,17)8-9-21(18,19)14-5-3-4-13(10-14)11-15/h3-5,10,12H,6-9,11,15H2,1-2H3. The molecule has 0 fully saturated rings. The molecular weight excluding hydrogens is 310 g/mol. The highest BCUT2D eigenvalue weighted by atomic mass is 32.2. The van der Waals surface area contributed by atoms with Crippen molar-refractivity contribution in [1.82, 2.24) is 0 Å². The number of sulfone groups is 2. The van der Waals surface area contributed by atoms with E-state index in [9.17, 15) is 16.8 Å². The second-order valence-corrected chi connectivity index (χ2v) is 9.92. The van der Waals surface area contributed by atoms with Crippen LogP contribution in [0.1, 0.15) is 25.8 Å². The van der Waals surface area contributed by atoms with Gasteiger partial charge in [-0.25, -0.2) is 16.8 Å². The monoisotopic (exact) mass is 333 g/mol. The van der Waals surface area contributed by atoms with Gasteiger partial charge in [-0.05, 0) is 30.0 Å². The minimum absolute atomic E-state index is 0.0308. The Bertz CT molecular complexity index is 664. The summed E-state index contributed by atoms with van der Waals surface area (Å²) in [6, 6.07) is 6.31. The highest BCUT2D eigenvalue weighted by molar-refractivity contribution is 7.95. The van der Waals surface area contributed by atoms with E-state index in [0.717, 1.165) is 0 Å². The predicted octanol–water partition coefficient (Wildman–Crippen LogP) is 1.38. The van der Waals surface area contributed by atoms with Crippen molar-refractivity contribution >= 4 is 19.7 Å². The van der Waals surface area contributed by atoms with Crippen molar-refractivity contribution in [2.45, 2.75) is 31.7 Å². The van der Waals surface area contributed by atoms with Gasteiger partial charge in [-0.1, -0.05) is 26.0 Å². The fourth-order valence-corrected chi connectivity index (χ4v) is 5.52. The molecule has 5 nitrogen and oxygen atoms in total. The van der Waals surface area contributed by atoms with E-state index in [2.05, 4.69) is 0 Å². The topological polar surface area (TPSA) is 94.3 Å². The highest BCUT2D eigenvalue weighted by Gasteiger charge is 2.20. The largest absolute Gasteiger partial charge is 0.326 e.